The molecule has 0 amide bonds. The molecule has 24 heavy (non-hydrogen) atoms. The number of unbranched alkanes of at least 4 members (excludes halogenated alkanes) is 1. The summed E-state index contributed by atoms with van der Waals surface area (Å²) in [5, 5.41) is 9.13. The number of hydrogen-bond acceptors (Lipinski definition) is 6. The molecule has 0 aliphatic heterocycles. The Morgan fingerprint density at radius 3 is 3.04 bits per heavy atom. The summed E-state index contributed by atoms with van der Waals surface area (Å²) in [6.07, 6.45) is 3.97. The second-order valence-corrected chi connectivity index (χ2v) is 6.97. The van der Waals surface area contributed by atoms with Crippen molar-refractivity contribution in [2.45, 2.75) is 19.8 Å². The van der Waals surface area contributed by atoms with Gasteiger partial charge in [-0.25, -0.2) is 4.98 Å². The largest absolute Gasteiger partial charge is 0.494 e. The Balaban J connectivity index is 1.57. The molecule has 0 saturated heterocycles. The Morgan fingerprint density at radius 1 is 1.25 bits per heavy atom. The van der Waals surface area contributed by atoms with Gasteiger partial charge in [-0.2, -0.15) is 5.10 Å². The van der Waals surface area contributed by atoms with Crippen molar-refractivity contribution in [3.63, 3.8) is 0 Å². The van der Waals surface area contributed by atoms with Gasteiger partial charge in [0.05, 0.1) is 23.4 Å². The molecule has 1 aromatic carbocycles. The van der Waals surface area contributed by atoms with Crippen LogP contribution in [0.3, 0.4) is 0 Å². The molecule has 0 aliphatic rings. The summed E-state index contributed by atoms with van der Waals surface area (Å²) in [7, 11) is 0. The van der Waals surface area contributed by atoms with Crippen molar-refractivity contribution in [3.05, 3.63) is 52.7 Å². The van der Waals surface area contributed by atoms with Gasteiger partial charge >= 0.3 is 0 Å². The summed E-state index contributed by atoms with van der Waals surface area (Å²) in [6.45, 7) is 2.90. The first kappa shape index (κ1) is 16.7. The van der Waals surface area contributed by atoms with Gasteiger partial charge in [-0.1, -0.05) is 31.5 Å². The minimum absolute atomic E-state index is 0.750. The number of hydrazone groups is 1. The third kappa shape index (κ3) is 4.66. The van der Waals surface area contributed by atoms with E-state index in [0.29, 0.717) is 0 Å². The zero-order valence-corrected chi connectivity index (χ0v) is 15.1. The maximum Gasteiger partial charge on any atom is 0.203 e. The summed E-state index contributed by atoms with van der Waals surface area (Å²) in [5.74, 6) is 0.877. The number of hydrogen-bond donors (Lipinski definition) is 1. The highest BCUT2D eigenvalue weighted by molar-refractivity contribution is 7.15. The van der Waals surface area contributed by atoms with Crippen LogP contribution in [0.5, 0.6) is 5.75 Å². The number of nitrogens with one attached hydrogen (secondary N) is 1. The molecule has 1 N–H and O–H groups in total. The summed E-state index contributed by atoms with van der Waals surface area (Å²) in [6, 6.07) is 12.0. The van der Waals surface area contributed by atoms with Crippen LogP contribution < -0.4 is 10.2 Å². The van der Waals surface area contributed by atoms with Crippen molar-refractivity contribution < 1.29 is 4.74 Å². The molecule has 2 heterocycles. The fraction of sp³-hybridized carbons (Fsp3) is 0.222. The number of benzene rings is 1. The predicted molar refractivity (Wildman–Crippen MR) is 103 cm³/mol. The maximum absolute atomic E-state index is 5.71. The van der Waals surface area contributed by atoms with Gasteiger partial charge in [0.2, 0.25) is 5.13 Å². The third-order valence-corrected chi connectivity index (χ3v) is 4.92. The van der Waals surface area contributed by atoms with E-state index in [2.05, 4.69) is 33.9 Å². The molecule has 124 valence electrons. The van der Waals surface area contributed by atoms with E-state index in [1.54, 1.807) is 28.9 Å². The van der Waals surface area contributed by atoms with Crippen LogP contribution in [0.25, 0.3) is 10.6 Å². The van der Waals surface area contributed by atoms with Crippen LogP contribution in [0.2, 0.25) is 0 Å². The molecule has 4 nitrogen and oxygen atoms in total. The summed E-state index contributed by atoms with van der Waals surface area (Å²) in [4.78, 5) is 5.70. The molecule has 0 unspecified atom stereocenters. The van der Waals surface area contributed by atoms with Gasteiger partial charge in [0, 0.05) is 5.38 Å². The second-order valence-electron chi connectivity index (χ2n) is 5.16. The smallest absolute Gasteiger partial charge is 0.203 e. The van der Waals surface area contributed by atoms with E-state index >= 15 is 0 Å². The number of aromatic nitrogens is 1. The lowest BCUT2D eigenvalue weighted by Crippen LogP contribution is -1.97. The first-order chi connectivity index (χ1) is 11.8. The highest BCUT2D eigenvalue weighted by atomic mass is 32.1. The molecule has 0 aliphatic carbocycles. The number of thiophene rings is 1. The Kier molecular flexibility index (Phi) is 5.98. The van der Waals surface area contributed by atoms with Gasteiger partial charge in [0.25, 0.3) is 0 Å². The van der Waals surface area contributed by atoms with Gasteiger partial charge in [-0.3, -0.25) is 5.43 Å². The molecule has 6 heteroatoms. The molecule has 2 aromatic heterocycles. The summed E-state index contributed by atoms with van der Waals surface area (Å²) < 4.78 is 5.71. The van der Waals surface area contributed by atoms with E-state index in [9.17, 15) is 0 Å². The third-order valence-electron chi connectivity index (χ3n) is 3.28. The lowest BCUT2D eigenvalue weighted by molar-refractivity contribution is 0.309. The monoisotopic (exact) mass is 357 g/mol. The quantitative estimate of drug-likeness (QED) is 0.329. The van der Waals surface area contributed by atoms with Crippen LogP contribution in [0, 0.1) is 0 Å². The molecule has 0 radical (unpaired) electrons. The minimum Gasteiger partial charge on any atom is -0.494 e. The van der Waals surface area contributed by atoms with Crippen molar-refractivity contribution in [1.29, 1.82) is 0 Å². The number of ether oxygens (including phenoxy) is 1. The second kappa shape index (κ2) is 8.61. The normalized spacial score (nSPS) is 11.0. The topological polar surface area (TPSA) is 46.5 Å². The van der Waals surface area contributed by atoms with Crippen molar-refractivity contribution in [3.8, 4) is 16.3 Å². The van der Waals surface area contributed by atoms with E-state index in [1.165, 1.54) is 4.88 Å². The van der Waals surface area contributed by atoms with E-state index in [-0.39, 0.29) is 0 Å². The standard InChI is InChI=1S/C18H19N3OS2/c1-2-3-9-22-15-7-4-6-14(11-15)12-19-21-18-20-16(13-24-18)17-8-5-10-23-17/h4-8,10-13H,2-3,9H2,1H3,(H,20,21)/b19-12-. The average Bonchev–Trinajstić information content (AvgIpc) is 3.27. The van der Waals surface area contributed by atoms with Crippen molar-refractivity contribution in [1.82, 2.24) is 4.98 Å². The van der Waals surface area contributed by atoms with Gasteiger partial charge < -0.3 is 4.74 Å². The molecular weight excluding hydrogens is 338 g/mol. The van der Waals surface area contributed by atoms with Crippen LogP contribution in [-0.2, 0) is 0 Å². The van der Waals surface area contributed by atoms with Gasteiger partial charge in [0.1, 0.15) is 5.75 Å². The van der Waals surface area contributed by atoms with Gasteiger partial charge in [-0.15, -0.1) is 22.7 Å². The van der Waals surface area contributed by atoms with Gasteiger partial charge in [-0.05, 0) is 35.6 Å². The summed E-state index contributed by atoms with van der Waals surface area (Å²) >= 11 is 3.23. The van der Waals surface area contributed by atoms with Crippen molar-refractivity contribution in [2.75, 3.05) is 12.0 Å². The van der Waals surface area contributed by atoms with E-state index < -0.39 is 0 Å². The van der Waals surface area contributed by atoms with E-state index in [4.69, 9.17) is 4.74 Å². The van der Waals surface area contributed by atoms with Crippen molar-refractivity contribution >= 4 is 34.0 Å². The lowest BCUT2D eigenvalue weighted by atomic mass is 10.2. The fourth-order valence-corrected chi connectivity index (χ4v) is 3.46. The molecular formula is C18H19N3OS2. The van der Waals surface area contributed by atoms with Crippen LogP contribution in [0.15, 0.2) is 52.3 Å². The predicted octanol–water partition coefficient (Wildman–Crippen LogP) is 5.50. The number of rotatable bonds is 8. The maximum atomic E-state index is 5.71. The first-order valence-electron chi connectivity index (χ1n) is 7.86. The molecule has 0 saturated carbocycles. The number of nitrogens with zero attached hydrogens (tertiary/aromatic N) is 2. The fourth-order valence-electron chi connectivity index (χ4n) is 2.04. The highest BCUT2D eigenvalue weighted by Crippen LogP contribution is 2.28. The first-order valence-corrected chi connectivity index (χ1v) is 9.62. The highest BCUT2D eigenvalue weighted by Gasteiger charge is 2.04. The average molecular weight is 358 g/mol. The molecule has 0 bridgehead atoms. The Labute approximate surface area is 149 Å². The van der Waals surface area contributed by atoms with Gasteiger partial charge in [0.15, 0.2) is 0 Å². The molecule has 0 atom stereocenters. The molecule has 3 aromatic rings. The van der Waals surface area contributed by atoms with Crippen LogP contribution >= 0.6 is 22.7 Å². The summed E-state index contributed by atoms with van der Waals surface area (Å²) in [5.41, 5.74) is 4.97. The number of thiazole rings is 1. The van der Waals surface area contributed by atoms with Crippen LogP contribution in [0.1, 0.15) is 25.3 Å². The van der Waals surface area contributed by atoms with Crippen LogP contribution in [-0.4, -0.2) is 17.8 Å². The Morgan fingerprint density at radius 2 is 2.21 bits per heavy atom. The SMILES string of the molecule is CCCCOc1cccc(/C=N\Nc2nc(-c3cccs3)cs2)c1. The molecule has 3 rings (SSSR count). The van der Waals surface area contributed by atoms with E-state index in [1.807, 2.05) is 35.7 Å². The lowest BCUT2D eigenvalue weighted by Gasteiger charge is -2.05. The minimum atomic E-state index is 0.750. The Hall–Kier alpha value is -2.18. The zero-order valence-electron chi connectivity index (χ0n) is 13.4. The van der Waals surface area contributed by atoms with Crippen LogP contribution in [0.4, 0.5) is 5.13 Å². The van der Waals surface area contributed by atoms with Crippen molar-refractivity contribution in [2.24, 2.45) is 5.10 Å². The number of anilines is 1. The van der Waals surface area contributed by atoms with E-state index in [0.717, 1.165) is 41.6 Å². The molecule has 0 spiro atoms. The Bertz CT molecular complexity index is 781. The zero-order chi connectivity index (χ0) is 16.6. The molecule has 0 fully saturated rings.